The lowest BCUT2D eigenvalue weighted by Gasteiger charge is -2.16. The zero-order chi connectivity index (χ0) is 19.7. The molecule has 7 heteroatoms. The Hall–Kier alpha value is -3.35. The summed E-state index contributed by atoms with van der Waals surface area (Å²) >= 11 is 0. The van der Waals surface area contributed by atoms with Gasteiger partial charge in [0.25, 0.3) is 0 Å². The standard InChI is InChI=1S/C21H21N3O4/c1-13-23-18-10-16(5-8-19(18)28-13)24-12-15(9-20(24)25)21(26)22-11-14-3-6-17(27-2)7-4-14/h3-8,10,15H,9,11-12H2,1-2H3,(H,22,26)/t15-/m1/s1. The summed E-state index contributed by atoms with van der Waals surface area (Å²) in [7, 11) is 1.61. The molecule has 144 valence electrons. The minimum Gasteiger partial charge on any atom is -0.497 e. The van der Waals surface area contributed by atoms with Gasteiger partial charge in [-0.2, -0.15) is 0 Å². The van der Waals surface area contributed by atoms with Crippen LogP contribution < -0.4 is 15.0 Å². The van der Waals surface area contributed by atoms with E-state index in [9.17, 15) is 9.59 Å². The van der Waals surface area contributed by atoms with Crippen LogP contribution in [0.15, 0.2) is 46.9 Å². The number of benzene rings is 2. The first-order chi connectivity index (χ1) is 13.5. The van der Waals surface area contributed by atoms with Crippen LogP contribution in [0.1, 0.15) is 17.9 Å². The molecular formula is C21H21N3O4. The van der Waals surface area contributed by atoms with Crippen LogP contribution in [0.5, 0.6) is 5.75 Å². The molecule has 1 N–H and O–H groups in total. The summed E-state index contributed by atoms with van der Waals surface area (Å²) in [6, 6.07) is 13.0. The van der Waals surface area contributed by atoms with E-state index in [1.807, 2.05) is 36.4 Å². The molecule has 4 rings (SSSR count). The Balaban J connectivity index is 1.40. The maximum atomic E-state index is 12.5. The second-order valence-corrected chi connectivity index (χ2v) is 6.86. The summed E-state index contributed by atoms with van der Waals surface area (Å²) < 4.78 is 10.6. The quantitative estimate of drug-likeness (QED) is 0.737. The Bertz CT molecular complexity index is 1030. The first kappa shape index (κ1) is 18.0. The van der Waals surface area contributed by atoms with E-state index >= 15 is 0 Å². The molecule has 1 aliphatic rings. The number of ether oxygens (including phenoxy) is 1. The lowest BCUT2D eigenvalue weighted by molar-refractivity contribution is -0.126. The van der Waals surface area contributed by atoms with Gasteiger partial charge >= 0.3 is 0 Å². The van der Waals surface area contributed by atoms with Crippen molar-refractivity contribution in [3.63, 3.8) is 0 Å². The van der Waals surface area contributed by atoms with E-state index in [0.29, 0.717) is 30.1 Å². The van der Waals surface area contributed by atoms with Crippen LogP contribution in [0.2, 0.25) is 0 Å². The number of nitrogens with zero attached hydrogens (tertiary/aromatic N) is 2. The molecule has 1 fully saturated rings. The predicted molar refractivity (Wildman–Crippen MR) is 104 cm³/mol. The zero-order valence-electron chi connectivity index (χ0n) is 15.8. The van der Waals surface area contributed by atoms with E-state index in [2.05, 4.69) is 10.3 Å². The number of fused-ring (bicyclic) bond motifs is 1. The second-order valence-electron chi connectivity index (χ2n) is 6.86. The number of anilines is 1. The fourth-order valence-corrected chi connectivity index (χ4v) is 3.41. The summed E-state index contributed by atoms with van der Waals surface area (Å²) in [6.45, 7) is 2.55. The number of hydrogen-bond acceptors (Lipinski definition) is 5. The average Bonchev–Trinajstić information content (AvgIpc) is 3.27. The van der Waals surface area contributed by atoms with Gasteiger partial charge in [-0.05, 0) is 35.9 Å². The molecule has 0 unspecified atom stereocenters. The first-order valence-corrected chi connectivity index (χ1v) is 9.11. The van der Waals surface area contributed by atoms with Crippen LogP contribution in [0.3, 0.4) is 0 Å². The third-order valence-electron chi connectivity index (χ3n) is 4.91. The predicted octanol–water partition coefficient (Wildman–Crippen LogP) is 2.81. The highest BCUT2D eigenvalue weighted by atomic mass is 16.5. The molecule has 0 radical (unpaired) electrons. The molecule has 1 aliphatic heterocycles. The van der Waals surface area contributed by atoms with Crippen LogP contribution in [0.4, 0.5) is 5.69 Å². The number of aromatic nitrogens is 1. The molecule has 0 saturated carbocycles. The highest BCUT2D eigenvalue weighted by Crippen LogP contribution is 2.28. The number of rotatable bonds is 5. The molecule has 1 atom stereocenters. The maximum absolute atomic E-state index is 12.5. The zero-order valence-corrected chi connectivity index (χ0v) is 15.8. The lowest BCUT2D eigenvalue weighted by Crippen LogP contribution is -2.32. The number of carbonyl (C=O) groups excluding carboxylic acids is 2. The average molecular weight is 379 g/mol. The van der Waals surface area contributed by atoms with E-state index in [1.54, 1.807) is 25.0 Å². The van der Waals surface area contributed by atoms with Crippen LogP contribution in [0.25, 0.3) is 11.1 Å². The third kappa shape index (κ3) is 3.55. The van der Waals surface area contributed by atoms with Crippen molar-refractivity contribution < 1.29 is 18.7 Å². The molecule has 7 nitrogen and oxygen atoms in total. The molecule has 1 aromatic heterocycles. The molecule has 0 aliphatic carbocycles. The number of oxazole rings is 1. The molecule has 3 aromatic rings. The number of aryl methyl sites for hydroxylation is 1. The smallest absolute Gasteiger partial charge is 0.227 e. The minimum absolute atomic E-state index is 0.0656. The van der Waals surface area contributed by atoms with Gasteiger partial charge in [0.2, 0.25) is 11.8 Å². The van der Waals surface area contributed by atoms with Crippen molar-refractivity contribution >= 4 is 28.6 Å². The van der Waals surface area contributed by atoms with Gasteiger partial charge in [0.05, 0.1) is 13.0 Å². The third-order valence-corrected chi connectivity index (χ3v) is 4.91. The Morgan fingerprint density at radius 2 is 2.07 bits per heavy atom. The fraction of sp³-hybridized carbons (Fsp3) is 0.286. The van der Waals surface area contributed by atoms with Gasteiger partial charge in [-0.25, -0.2) is 4.98 Å². The molecule has 2 amide bonds. The monoisotopic (exact) mass is 379 g/mol. The van der Waals surface area contributed by atoms with E-state index in [-0.39, 0.29) is 24.2 Å². The molecule has 1 saturated heterocycles. The van der Waals surface area contributed by atoms with Gasteiger partial charge in [-0.1, -0.05) is 12.1 Å². The number of nitrogens with one attached hydrogen (secondary N) is 1. The van der Waals surface area contributed by atoms with Gasteiger partial charge in [-0.3, -0.25) is 9.59 Å². The van der Waals surface area contributed by atoms with Gasteiger partial charge < -0.3 is 19.4 Å². The summed E-state index contributed by atoms with van der Waals surface area (Å²) in [6.07, 6.45) is 0.199. The maximum Gasteiger partial charge on any atom is 0.227 e. The van der Waals surface area contributed by atoms with Gasteiger partial charge in [0, 0.05) is 32.1 Å². The van der Waals surface area contributed by atoms with Crippen molar-refractivity contribution in [1.29, 1.82) is 0 Å². The molecular weight excluding hydrogens is 358 g/mol. The van der Waals surface area contributed by atoms with Crippen molar-refractivity contribution in [3.8, 4) is 5.75 Å². The largest absolute Gasteiger partial charge is 0.497 e. The van der Waals surface area contributed by atoms with Crippen molar-refractivity contribution in [1.82, 2.24) is 10.3 Å². The van der Waals surface area contributed by atoms with Crippen LogP contribution in [0, 0.1) is 12.8 Å². The van der Waals surface area contributed by atoms with Gasteiger partial charge in [0.15, 0.2) is 11.5 Å². The Labute approximate surface area is 162 Å². The summed E-state index contributed by atoms with van der Waals surface area (Å²) in [4.78, 5) is 30.9. The first-order valence-electron chi connectivity index (χ1n) is 9.11. The van der Waals surface area contributed by atoms with Crippen molar-refractivity contribution in [2.75, 3.05) is 18.6 Å². The van der Waals surface area contributed by atoms with E-state index in [1.165, 1.54) is 0 Å². The Kier molecular flexibility index (Phi) is 4.73. The number of amides is 2. The normalized spacial score (nSPS) is 16.6. The summed E-state index contributed by atoms with van der Waals surface area (Å²) in [5.74, 6) is 0.789. The van der Waals surface area contributed by atoms with E-state index in [0.717, 1.165) is 17.0 Å². The van der Waals surface area contributed by atoms with Gasteiger partial charge in [-0.15, -0.1) is 0 Å². The van der Waals surface area contributed by atoms with Crippen LogP contribution >= 0.6 is 0 Å². The van der Waals surface area contributed by atoms with Crippen molar-refractivity contribution in [3.05, 3.63) is 53.9 Å². The highest BCUT2D eigenvalue weighted by molar-refractivity contribution is 6.01. The molecule has 2 aromatic carbocycles. The Morgan fingerprint density at radius 3 is 2.82 bits per heavy atom. The summed E-state index contributed by atoms with van der Waals surface area (Å²) in [5.41, 5.74) is 3.09. The molecule has 0 bridgehead atoms. The summed E-state index contributed by atoms with van der Waals surface area (Å²) in [5, 5.41) is 2.92. The number of methoxy groups -OCH3 is 1. The van der Waals surface area contributed by atoms with Crippen molar-refractivity contribution in [2.45, 2.75) is 19.9 Å². The van der Waals surface area contributed by atoms with Gasteiger partial charge in [0.1, 0.15) is 11.3 Å². The fourth-order valence-electron chi connectivity index (χ4n) is 3.41. The van der Waals surface area contributed by atoms with E-state index in [4.69, 9.17) is 9.15 Å². The highest BCUT2D eigenvalue weighted by Gasteiger charge is 2.35. The molecule has 0 spiro atoms. The number of hydrogen-bond donors (Lipinski definition) is 1. The second kappa shape index (κ2) is 7.34. The van der Waals surface area contributed by atoms with Crippen molar-refractivity contribution in [2.24, 2.45) is 5.92 Å². The minimum atomic E-state index is -0.375. The van der Waals surface area contributed by atoms with E-state index < -0.39 is 0 Å². The van der Waals surface area contributed by atoms with Crippen LogP contribution in [-0.2, 0) is 16.1 Å². The van der Waals surface area contributed by atoms with Crippen LogP contribution in [-0.4, -0.2) is 30.5 Å². The number of carbonyl (C=O) groups is 2. The molecule has 28 heavy (non-hydrogen) atoms. The Morgan fingerprint density at radius 1 is 1.29 bits per heavy atom. The molecule has 2 heterocycles. The topological polar surface area (TPSA) is 84.7 Å². The lowest BCUT2D eigenvalue weighted by atomic mass is 10.1. The SMILES string of the molecule is COc1ccc(CNC(=O)[C@@H]2CC(=O)N(c3ccc4oc(C)nc4c3)C2)cc1.